The minimum Gasteiger partial charge on any atom is -0.493 e. The summed E-state index contributed by atoms with van der Waals surface area (Å²) >= 11 is 0. The molecule has 2 aromatic carbocycles. The lowest BCUT2D eigenvalue weighted by Gasteiger charge is -2.19. The molecule has 0 amide bonds. The molecule has 32 heavy (non-hydrogen) atoms. The number of aryl methyl sites for hydroxylation is 2. The lowest BCUT2D eigenvalue weighted by molar-refractivity contribution is -0.138. The minimum atomic E-state index is -4.36. The number of aliphatic carboxylic acids is 1. The number of hydrogen-bond acceptors (Lipinski definition) is 3. The fourth-order valence-corrected chi connectivity index (χ4v) is 3.56. The van der Waals surface area contributed by atoms with Gasteiger partial charge >= 0.3 is 12.1 Å². The van der Waals surface area contributed by atoms with Crippen molar-refractivity contribution in [1.29, 1.82) is 0 Å². The van der Waals surface area contributed by atoms with Gasteiger partial charge in [-0.2, -0.15) is 13.2 Å². The summed E-state index contributed by atoms with van der Waals surface area (Å²) in [4.78, 5) is 10.7. The van der Waals surface area contributed by atoms with Crippen molar-refractivity contribution in [3.8, 4) is 11.5 Å². The maximum Gasteiger partial charge on any atom is 0.416 e. The van der Waals surface area contributed by atoms with Crippen LogP contribution in [0, 0.1) is 12.8 Å². The Labute approximate surface area is 186 Å². The zero-order chi connectivity index (χ0) is 23.3. The van der Waals surface area contributed by atoms with E-state index < -0.39 is 17.7 Å². The molecule has 0 aromatic heterocycles. The number of ether oxygens (including phenoxy) is 2. The van der Waals surface area contributed by atoms with E-state index in [4.69, 9.17) is 14.6 Å². The largest absolute Gasteiger partial charge is 0.493 e. The summed E-state index contributed by atoms with van der Waals surface area (Å²) in [6, 6.07) is 9.29. The summed E-state index contributed by atoms with van der Waals surface area (Å²) in [6.07, 6.45) is -0.746. The van der Waals surface area contributed by atoms with E-state index in [0.29, 0.717) is 48.8 Å². The summed E-state index contributed by atoms with van der Waals surface area (Å²) in [5, 5.41) is 8.82. The van der Waals surface area contributed by atoms with Crippen LogP contribution in [0.1, 0.15) is 54.9 Å². The van der Waals surface area contributed by atoms with Crippen LogP contribution >= 0.6 is 0 Å². The second-order valence-electron chi connectivity index (χ2n) is 8.52. The molecule has 1 aliphatic rings. The highest BCUT2D eigenvalue weighted by Crippen LogP contribution is 2.38. The first kappa shape index (κ1) is 24.0. The first-order valence-electron chi connectivity index (χ1n) is 10.9. The maximum atomic E-state index is 13.1. The second-order valence-corrected chi connectivity index (χ2v) is 8.52. The van der Waals surface area contributed by atoms with E-state index >= 15 is 0 Å². The van der Waals surface area contributed by atoms with E-state index in [2.05, 4.69) is 0 Å². The molecular formula is C25H29F3O4. The quantitative estimate of drug-likeness (QED) is 0.442. The maximum absolute atomic E-state index is 13.1. The molecule has 0 bridgehead atoms. The van der Waals surface area contributed by atoms with E-state index in [1.165, 1.54) is 12.1 Å². The van der Waals surface area contributed by atoms with Crippen LogP contribution in [-0.2, 0) is 23.8 Å². The predicted octanol–water partition coefficient (Wildman–Crippen LogP) is 6.22. The van der Waals surface area contributed by atoms with Crippen LogP contribution in [0.4, 0.5) is 13.2 Å². The van der Waals surface area contributed by atoms with Crippen LogP contribution in [0.25, 0.3) is 0 Å². The van der Waals surface area contributed by atoms with Gasteiger partial charge in [0.25, 0.3) is 0 Å². The molecule has 3 rings (SSSR count). The fraction of sp³-hybridized carbons (Fsp3) is 0.480. The number of carbonyl (C=O) groups is 1. The first-order chi connectivity index (χ1) is 15.1. The highest BCUT2D eigenvalue weighted by atomic mass is 19.4. The third-order valence-corrected chi connectivity index (χ3v) is 5.64. The molecule has 0 spiro atoms. The van der Waals surface area contributed by atoms with Crippen LogP contribution in [0.15, 0.2) is 36.4 Å². The van der Waals surface area contributed by atoms with E-state index in [0.717, 1.165) is 30.0 Å². The highest BCUT2D eigenvalue weighted by Gasteiger charge is 2.32. The molecule has 1 unspecified atom stereocenters. The van der Waals surface area contributed by atoms with Crippen molar-refractivity contribution >= 4 is 5.97 Å². The van der Waals surface area contributed by atoms with Crippen molar-refractivity contribution in [3.05, 3.63) is 58.7 Å². The topological polar surface area (TPSA) is 55.8 Å². The van der Waals surface area contributed by atoms with Crippen LogP contribution in [0.5, 0.6) is 11.5 Å². The fourth-order valence-electron chi connectivity index (χ4n) is 3.56. The van der Waals surface area contributed by atoms with Crippen molar-refractivity contribution in [2.75, 3.05) is 6.61 Å². The average molecular weight is 450 g/mol. The number of carboxylic acids is 1. The van der Waals surface area contributed by atoms with Gasteiger partial charge in [-0.25, -0.2) is 0 Å². The van der Waals surface area contributed by atoms with Gasteiger partial charge in [0.15, 0.2) is 0 Å². The Balaban J connectivity index is 1.54. The second kappa shape index (κ2) is 10.3. The first-order valence-corrected chi connectivity index (χ1v) is 10.9. The molecule has 4 nitrogen and oxygen atoms in total. The zero-order valence-electron chi connectivity index (χ0n) is 18.4. The van der Waals surface area contributed by atoms with Gasteiger partial charge < -0.3 is 14.6 Å². The SMILES string of the molecule is Cc1cc(OCCC(C)Oc2ccc(C(F)(F)F)cc2CC2CC2)ccc1CCC(=O)O. The molecule has 0 radical (unpaired) electrons. The molecule has 2 aromatic rings. The smallest absolute Gasteiger partial charge is 0.416 e. The van der Waals surface area contributed by atoms with Crippen LogP contribution in [0.3, 0.4) is 0 Å². The number of benzene rings is 2. The van der Waals surface area contributed by atoms with Crippen molar-refractivity contribution in [2.45, 2.75) is 64.7 Å². The van der Waals surface area contributed by atoms with E-state index in [1.54, 1.807) is 0 Å². The average Bonchev–Trinajstić information content (AvgIpc) is 3.52. The molecule has 174 valence electrons. The predicted molar refractivity (Wildman–Crippen MR) is 115 cm³/mol. The number of alkyl halides is 3. The molecule has 1 N–H and O–H groups in total. The van der Waals surface area contributed by atoms with Crippen molar-refractivity contribution in [2.24, 2.45) is 5.92 Å². The molecule has 1 aliphatic carbocycles. The van der Waals surface area contributed by atoms with Gasteiger partial charge in [-0.1, -0.05) is 6.07 Å². The molecule has 0 aliphatic heterocycles. The van der Waals surface area contributed by atoms with Gasteiger partial charge in [-0.05, 0) is 92.5 Å². The monoisotopic (exact) mass is 450 g/mol. The summed E-state index contributed by atoms with van der Waals surface area (Å²) in [5.41, 5.74) is 1.92. The summed E-state index contributed by atoms with van der Waals surface area (Å²) < 4.78 is 51.0. The molecule has 0 saturated heterocycles. The van der Waals surface area contributed by atoms with E-state index in [-0.39, 0.29) is 12.5 Å². The lowest BCUT2D eigenvalue weighted by Crippen LogP contribution is -2.17. The Bertz CT molecular complexity index is 935. The van der Waals surface area contributed by atoms with Crippen LogP contribution < -0.4 is 9.47 Å². The summed E-state index contributed by atoms with van der Waals surface area (Å²) in [6.45, 7) is 4.19. The molecule has 1 atom stereocenters. The van der Waals surface area contributed by atoms with Crippen molar-refractivity contribution in [1.82, 2.24) is 0 Å². The Morgan fingerprint density at radius 2 is 1.91 bits per heavy atom. The Morgan fingerprint density at radius 3 is 2.53 bits per heavy atom. The lowest BCUT2D eigenvalue weighted by atomic mass is 10.0. The van der Waals surface area contributed by atoms with Gasteiger partial charge in [0.2, 0.25) is 0 Å². The Hall–Kier alpha value is -2.70. The molecule has 7 heteroatoms. The molecular weight excluding hydrogens is 421 g/mol. The summed E-state index contributed by atoms with van der Waals surface area (Å²) in [5.74, 6) is 0.821. The Kier molecular flexibility index (Phi) is 7.69. The molecule has 1 saturated carbocycles. The zero-order valence-corrected chi connectivity index (χ0v) is 18.4. The third-order valence-electron chi connectivity index (χ3n) is 5.64. The van der Waals surface area contributed by atoms with E-state index in [9.17, 15) is 18.0 Å². The number of rotatable bonds is 11. The Morgan fingerprint density at radius 1 is 1.16 bits per heavy atom. The minimum absolute atomic E-state index is 0.0859. The van der Waals surface area contributed by atoms with Crippen LogP contribution in [0.2, 0.25) is 0 Å². The standard InChI is InChI=1S/C25H29F3O4/c1-16-13-22(8-5-19(16)6-10-24(29)30)31-12-11-17(2)32-23-9-7-21(25(26,27)28)15-20(23)14-18-3-4-18/h5,7-9,13,15,17-18H,3-4,6,10-12,14H2,1-2H3,(H,29,30). The van der Waals surface area contributed by atoms with Gasteiger partial charge in [0, 0.05) is 12.8 Å². The molecule has 1 fully saturated rings. The highest BCUT2D eigenvalue weighted by molar-refractivity contribution is 5.67. The van der Waals surface area contributed by atoms with Gasteiger partial charge in [0.05, 0.1) is 18.3 Å². The normalized spacial score (nSPS) is 14.8. The number of carboxylic acid groups (broad SMARTS) is 1. The number of hydrogen-bond donors (Lipinski definition) is 1. The van der Waals surface area contributed by atoms with Crippen molar-refractivity contribution < 1.29 is 32.5 Å². The van der Waals surface area contributed by atoms with Crippen LogP contribution in [-0.4, -0.2) is 23.8 Å². The van der Waals surface area contributed by atoms with E-state index in [1.807, 2.05) is 32.0 Å². The van der Waals surface area contributed by atoms with Gasteiger partial charge in [-0.3, -0.25) is 4.79 Å². The third kappa shape index (κ3) is 7.18. The van der Waals surface area contributed by atoms with Crippen molar-refractivity contribution in [3.63, 3.8) is 0 Å². The summed E-state index contributed by atoms with van der Waals surface area (Å²) in [7, 11) is 0. The van der Waals surface area contributed by atoms with Gasteiger partial charge in [0.1, 0.15) is 11.5 Å². The van der Waals surface area contributed by atoms with Gasteiger partial charge in [-0.15, -0.1) is 0 Å². The number of halogens is 3. The molecule has 0 heterocycles.